The first-order chi connectivity index (χ1) is 19.0. The van der Waals surface area contributed by atoms with Crippen molar-refractivity contribution < 1.29 is 18.0 Å². The van der Waals surface area contributed by atoms with E-state index in [9.17, 15) is 18.0 Å². The molecule has 2 aromatic carbocycles. The minimum absolute atomic E-state index is 0.165. The van der Waals surface area contributed by atoms with Crippen LogP contribution in [0.2, 0.25) is 0 Å². The second-order valence-electron chi connectivity index (χ2n) is 11.0. The highest BCUT2D eigenvalue weighted by molar-refractivity contribution is 7.92. The van der Waals surface area contributed by atoms with Gasteiger partial charge in [-0.3, -0.25) is 13.9 Å². The average molecular weight is 567 g/mol. The van der Waals surface area contributed by atoms with Crippen LogP contribution in [0.1, 0.15) is 60.2 Å². The lowest BCUT2D eigenvalue weighted by Crippen LogP contribution is -2.51. The predicted octanol–water partition coefficient (Wildman–Crippen LogP) is 3.06. The van der Waals surface area contributed by atoms with E-state index in [1.54, 1.807) is 6.07 Å². The molecule has 0 saturated carbocycles. The molecule has 0 saturated heterocycles. The number of rotatable bonds is 9. The first-order valence-electron chi connectivity index (χ1n) is 13.9. The van der Waals surface area contributed by atoms with E-state index in [0.717, 1.165) is 43.1 Å². The van der Waals surface area contributed by atoms with Crippen LogP contribution in [0.5, 0.6) is 0 Å². The van der Waals surface area contributed by atoms with Crippen LogP contribution < -0.4 is 20.3 Å². The Bertz CT molecular complexity index is 1330. The van der Waals surface area contributed by atoms with E-state index in [1.807, 2.05) is 38.1 Å². The summed E-state index contributed by atoms with van der Waals surface area (Å²) in [4.78, 5) is 26.4. The van der Waals surface area contributed by atoms with E-state index < -0.39 is 16.1 Å². The van der Waals surface area contributed by atoms with Crippen molar-refractivity contribution in [3.63, 3.8) is 0 Å². The summed E-state index contributed by atoms with van der Waals surface area (Å²) in [5.74, 6) is 2.42. The Morgan fingerprint density at radius 1 is 1.12 bits per heavy atom. The van der Waals surface area contributed by atoms with Crippen molar-refractivity contribution in [3.8, 4) is 12.3 Å². The van der Waals surface area contributed by atoms with Crippen LogP contribution in [0.4, 0.5) is 5.69 Å². The maximum absolute atomic E-state index is 13.6. The van der Waals surface area contributed by atoms with Crippen LogP contribution in [-0.4, -0.2) is 58.7 Å². The fourth-order valence-electron chi connectivity index (χ4n) is 4.71. The van der Waals surface area contributed by atoms with E-state index in [1.165, 1.54) is 16.9 Å². The van der Waals surface area contributed by atoms with Gasteiger partial charge in [0.2, 0.25) is 15.9 Å². The summed E-state index contributed by atoms with van der Waals surface area (Å²) >= 11 is 0. The zero-order chi connectivity index (χ0) is 29.3. The Balaban J connectivity index is 1.91. The number of aryl methyl sites for hydroxylation is 2. The molecule has 3 rings (SSSR count). The van der Waals surface area contributed by atoms with Gasteiger partial charge in [0.15, 0.2) is 0 Å². The largest absolute Gasteiger partial charge is 0.354 e. The molecule has 40 heavy (non-hydrogen) atoms. The third kappa shape index (κ3) is 9.39. The molecule has 2 amide bonds. The zero-order valence-electron chi connectivity index (χ0n) is 24.0. The van der Waals surface area contributed by atoms with Crippen LogP contribution in [0, 0.1) is 18.3 Å². The molecule has 1 heterocycles. The standard InChI is InChI=1S/C31H42N4O4S/c1-6-10-29(31(37)33-20-22(2)3)32-21-27-17-24-14-9-13-23(15-24)11-7-8-12-25-16-26(30(36)34-27)19-28(18-25)35(4)40(5,38)39/h1,9,13-16,18-19,22,27,29,32H,7-8,10-12,17,20-21H2,2-5H3,(H,33,37)(H,34,36)/t27-,29+/m1/s1. The van der Waals surface area contributed by atoms with Crippen LogP contribution in [0.15, 0.2) is 42.5 Å². The summed E-state index contributed by atoms with van der Waals surface area (Å²) in [6, 6.07) is 12.7. The summed E-state index contributed by atoms with van der Waals surface area (Å²) in [6.45, 7) is 4.93. The molecule has 4 bridgehead atoms. The summed E-state index contributed by atoms with van der Waals surface area (Å²) in [5.41, 5.74) is 4.08. The van der Waals surface area contributed by atoms with Gasteiger partial charge >= 0.3 is 0 Å². The first-order valence-corrected chi connectivity index (χ1v) is 15.7. The van der Waals surface area contributed by atoms with Gasteiger partial charge in [-0.1, -0.05) is 38.1 Å². The summed E-state index contributed by atoms with van der Waals surface area (Å²) in [6.07, 6.45) is 11.0. The normalized spacial score (nSPS) is 16.8. The fourth-order valence-corrected chi connectivity index (χ4v) is 5.20. The Hall–Kier alpha value is -3.35. The number of anilines is 1. The molecule has 1 aliphatic rings. The summed E-state index contributed by atoms with van der Waals surface area (Å²) in [5, 5.41) is 9.34. The molecule has 8 nitrogen and oxygen atoms in total. The van der Waals surface area contributed by atoms with Gasteiger partial charge in [-0.25, -0.2) is 8.42 Å². The molecule has 0 radical (unpaired) electrons. The fraction of sp³-hybridized carbons (Fsp3) is 0.484. The highest BCUT2D eigenvalue weighted by Crippen LogP contribution is 2.23. The number of nitrogens with zero attached hydrogens (tertiary/aromatic N) is 1. The van der Waals surface area contributed by atoms with Crippen molar-refractivity contribution in [3.05, 3.63) is 64.7 Å². The lowest BCUT2D eigenvalue weighted by atomic mass is 9.97. The molecule has 216 valence electrons. The van der Waals surface area contributed by atoms with Gasteiger partial charge in [0.1, 0.15) is 0 Å². The van der Waals surface area contributed by atoms with E-state index in [0.29, 0.717) is 36.7 Å². The Morgan fingerprint density at radius 2 is 1.82 bits per heavy atom. The number of nitrogens with one attached hydrogen (secondary N) is 3. The molecule has 2 aromatic rings. The number of hydrogen-bond donors (Lipinski definition) is 3. The van der Waals surface area contributed by atoms with E-state index in [2.05, 4.69) is 34.0 Å². The second-order valence-corrected chi connectivity index (χ2v) is 13.0. The van der Waals surface area contributed by atoms with Crippen LogP contribution in [-0.2, 0) is 34.1 Å². The highest BCUT2D eigenvalue weighted by Gasteiger charge is 2.22. The molecule has 0 aliphatic carbocycles. The van der Waals surface area contributed by atoms with Crippen molar-refractivity contribution >= 4 is 27.5 Å². The molecule has 0 aromatic heterocycles. The number of fused-ring (bicyclic) bond motifs is 4. The van der Waals surface area contributed by atoms with E-state index in [-0.39, 0.29) is 24.3 Å². The van der Waals surface area contributed by atoms with Crippen LogP contribution >= 0.6 is 0 Å². The number of benzene rings is 2. The minimum atomic E-state index is -3.50. The van der Waals surface area contributed by atoms with Crippen molar-refractivity contribution in [2.75, 3.05) is 30.7 Å². The van der Waals surface area contributed by atoms with E-state index >= 15 is 0 Å². The molecule has 0 spiro atoms. The molecule has 9 heteroatoms. The van der Waals surface area contributed by atoms with Crippen LogP contribution in [0.3, 0.4) is 0 Å². The van der Waals surface area contributed by atoms with Gasteiger partial charge in [-0.15, -0.1) is 12.3 Å². The lowest BCUT2D eigenvalue weighted by Gasteiger charge is -2.24. The van der Waals surface area contributed by atoms with Crippen LogP contribution in [0.25, 0.3) is 0 Å². The third-order valence-electron chi connectivity index (χ3n) is 7.02. The van der Waals surface area contributed by atoms with Crippen molar-refractivity contribution in [2.45, 2.75) is 64.5 Å². The Kier molecular flexibility index (Phi) is 11.2. The topological polar surface area (TPSA) is 108 Å². The highest BCUT2D eigenvalue weighted by atomic mass is 32.2. The van der Waals surface area contributed by atoms with Gasteiger partial charge in [-0.2, -0.15) is 0 Å². The number of sulfonamides is 1. The molecule has 3 N–H and O–H groups in total. The molecule has 2 atom stereocenters. The second kappa shape index (κ2) is 14.3. The Labute approximate surface area is 239 Å². The predicted molar refractivity (Wildman–Crippen MR) is 161 cm³/mol. The maximum atomic E-state index is 13.6. The van der Waals surface area contributed by atoms with Gasteiger partial charge in [-0.05, 0) is 72.9 Å². The monoisotopic (exact) mass is 566 g/mol. The molecular weight excluding hydrogens is 524 g/mol. The van der Waals surface area contributed by atoms with Crippen molar-refractivity contribution in [1.29, 1.82) is 0 Å². The maximum Gasteiger partial charge on any atom is 0.251 e. The number of carbonyl (C=O) groups is 2. The molecule has 0 fully saturated rings. The smallest absolute Gasteiger partial charge is 0.251 e. The average Bonchev–Trinajstić information content (AvgIpc) is 2.90. The lowest BCUT2D eigenvalue weighted by molar-refractivity contribution is -0.123. The number of hydrogen-bond acceptors (Lipinski definition) is 5. The zero-order valence-corrected chi connectivity index (χ0v) is 24.8. The summed E-state index contributed by atoms with van der Waals surface area (Å²) < 4.78 is 25.7. The molecule has 0 unspecified atom stereocenters. The Morgan fingerprint density at radius 3 is 2.50 bits per heavy atom. The first kappa shape index (κ1) is 31.2. The van der Waals surface area contributed by atoms with Crippen molar-refractivity contribution in [1.82, 2.24) is 16.0 Å². The third-order valence-corrected chi connectivity index (χ3v) is 8.23. The van der Waals surface area contributed by atoms with Gasteiger partial charge in [0, 0.05) is 38.2 Å². The summed E-state index contributed by atoms with van der Waals surface area (Å²) in [7, 11) is -2.01. The minimum Gasteiger partial charge on any atom is -0.354 e. The number of amides is 2. The van der Waals surface area contributed by atoms with Gasteiger partial charge < -0.3 is 16.0 Å². The van der Waals surface area contributed by atoms with E-state index in [4.69, 9.17) is 6.42 Å². The number of terminal acetylenes is 1. The molecular formula is C31H42N4O4S. The SMILES string of the molecule is C#CC[C@H](NC[C@H]1Cc2cccc(c2)CCCCc2cc(cc(N(C)S(C)(=O)=O)c2)C(=O)N1)C(=O)NCC(C)C. The molecule has 1 aliphatic heterocycles. The van der Waals surface area contributed by atoms with Crippen molar-refractivity contribution in [2.24, 2.45) is 5.92 Å². The quantitative estimate of drug-likeness (QED) is 0.405. The van der Waals surface area contributed by atoms with Gasteiger partial charge in [0.05, 0.1) is 18.0 Å². The number of carbonyl (C=O) groups excluding carboxylic acids is 2. The van der Waals surface area contributed by atoms with Gasteiger partial charge in [0.25, 0.3) is 5.91 Å².